The highest BCUT2D eigenvalue weighted by atomic mass is 16.5. The van der Waals surface area contributed by atoms with Gasteiger partial charge in [-0.1, -0.05) is 32.1 Å². The third kappa shape index (κ3) is 4.38. The zero-order valence-corrected chi connectivity index (χ0v) is 13.6. The molecule has 0 aliphatic heterocycles. The van der Waals surface area contributed by atoms with Gasteiger partial charge in [0.15, 0.2) is 5.60 Å². The normalized spacial score (nSPS) is 17.7. The molecule has 2 rings (SSSR count). The SMILES string of the molecule is COc1ccc(OC(CC#N)(CC2CCCCC2)C(N)=O)cc1. The highest BCUT2D eigenvalue weighted by Crippen LogP contribution is 2.35. The minimum absolute atomic E-state index is 0.0368. The summed E-state index contributed by atoms with van der Waals surface area (Å²) in [7, 11) is 1.59. The topological polar surface area (TPSA) is 85.3 Å². The molecule has 23 heavy (non-hydrogen) atoms. The minimum atomic E-state index is -1.26. The van der Waals surface area contributed by atoms with Crippen LogP contribution in [0.5, 0.6) is 11.5 Å². The van der Waals surface area contributed by atoms with Crippen molar-refractivity contribution in [3.63, 3.8) is 0 Å². The summed E-state index contributed by atoms with van der Waals surface area (Å²) in [6, 6.07) is 9.05. The molecule has 1 unspecified atom stereocenters. The number of hydrogen-bond acceptors (Lipinski definition) is 4. The van der Waals surface area contributed by atoms with E-state index in [0.29, 0.717) is 23.8 Å². The Morgan fingerprint density at radius 3 is 2.39 bits per heavy atom. The maximum absolute atomic E-state index is 12.1. The summed E-state index contributed by atoms with van der Waals surface area (Å²) in [5, 5.41) is 9.18. The molecule has 2 N–H and O–H groups in total. The lowest BCUT2D eigenvalue weighted by atomic mass is 9.79. The van der Waals surface area contributed by atoms with Crippen molar-refractivity contribution < 1.29 is 14.3 Å². The van der Waals surface area contributed by atoms with Crippen molar-refractivity contribution in [2.75, 3.05) is 7.11 Å². The Hall–Kier alpha value is -2.22. The Morgan fingerprint density at radius 1 is 1.26 bits per heavy atom. The van der Waals surface area contributed by atoms with Gasteiger partial charge in [-0.25, -0.2) is 0 Å². The summed E-state index contributed by atoms with van der Waals surface area (Å²) in [6.07, 6.45) is 6.15. The van der Waals surface area contributed by atoms with Gasteiger partial charge >= 0.3 is 0 Å². The first kappa shape index (κ1) is 17.1. The Bertz CT molecular complexity index is 559. The second kappa shape index (κ2) is 7.87. The quantitative estimate of drug-likeness (QED) is 0.837. The molecule has 1 aliphatic carbocycles. The molecule has 124 valence electrons. The predicted molar refractivity (Wildman–Crippen MR) is 87.0 cm³/mol. The van der Waals surface area contributed by atoms with E-state index in [2.05, 4.69) is 6.07 Å². The van der Waals surface area contributed by atoms with Crippen LogP contribution in [0.25, 0.3) is 0 Å². The molecule has 1 atom stereocenters. The van der Waals surface area contributed by atoms with Crippen molar-refractivity contribution >= 4 is 5.91 Å². The van der Waals surface area contributed by atoms with E-state index >= 15 is 0 Å². The number of carbonyl (C=O) groups excluding carboxylic acids is 1. The fourth-order valence-corrected chi connectivity index (χ4v) is 3.24. The van der Waals surface area contributed by atoms with Gasteiger partial charge in [0.05, 0.1) is 19.6 Å². The molecule has 1 aliphatic rings. The second-order valence-corrected chi connectivity index (χ2v) is 6.18. The molecule has 5 heteroatoms. The number of ether oxygens (including phenoxy) is 2. The van der Waals surface area contributed by atoms with Crippen LogP contribution in [0.15, 0.2) is 24.3 Å². The minimum Gasteiger partial charge on any atom is -0.497 e. The van der Waals surface area contributed by atoms with Crippen LogP contribution >= 0.6 is 0 Å². The third-order valence-electron chi connectivity index (χ3n) is 4.53. The zero-order chi connectivity index (χ0) is 16.7. The lowest BCUT2D eigenvalue weighted by molar-refractivity contribution is -0.135. The lowest BCUT2D eigenvalue weighted by Gasteiger charge is -2.34. The van der Waals surface area contributed by atoms with E-state index < -0.39 is 11.5 Å². The average Bonchev–Trinajstić information content (AvgIpc) is 2.56. The van der Waals surface area contributed by atoms with Crippen LogP contribution in [0.4, 0.5) is 0 Å². The standard InChI is InChI=1S/C18H24N2O3/c1-22-15-7-9-16(10-8-15)23-18(11-12-19,17(20)21)13-14-5-3-2-4-6-14/h7-10,14H,2-6,11,13H2,1H3,(H2,20,21). The zero-order valence-electron chi connectivity index (χ0n) is 13.6. The van der Waals surface area contributed by atoms with Gasteiger partial charge in [0.25, 0.3) is 5.91 Å². The van der Waals surface area contributed by atoms with Crippen molar-refractivity contribution in [2.24, 2.45) is 11.7 Å². The number of rotatable bonds is 7. The van der Waals surface area contributed by atoms with Crippen molar-refractivity contribution in [1.29, 1.82) is 5.26 Å². The van der Waals surface area contributed by atoms with Gasteiger partial charge in [0.2, 0.25) is 0 Å². The van der Waals surface area contributed by atoms with E-state index in [-0.39, 0.29) is 6.42 Å². The van der Waals surface area contributed by atoms with Gasteiger partial charge in [0.1, 0.15) is 11.5 Å². The fourth-order valence-electron chi connectivity index (χ4n) is 3.24. The molecule has 1 amide bonds. The number of primary amides is 1. The summed E-state index contributed by atoms with van der Waals surface area (Å²) in [5.74, 6) is 1.04. The second-order valence-electron chi connectivity index (χ2n) is 6.18. The van der Waals surface area contributed by atoms with Crippen molar-refractivity contribution in [2.45, 2.75) is 50.5 Å². The van der Waals surface area contributed by atoms with Gasteiger partial charge in [-0.05, 0) is 30.2 Å². The molecule has 1 saturated carbocycles. The number of nitrogens with zero attached hydrogens (tertiary/aromatic N) is 1. The van der Waals surface area contributed by atoms with Crippen LogP contribution in [0.2, 0.25) is 0 Å². The Balaban J connectivity index is 2.20. The summed E-state index contributed by atoms with van der Waals surface area (Å²) >= 11 is 0. The number of carbonyl (C=O) groups is 1. The molecule has 0 aromatic heterocycles. The van der Waals surface area contributed by atoms with Crippen molar-refractivity contribution in [1.82, 2.24) is 0 Å². The van der Waals surface area contributed by atoms with E-state index in [1.165, 1.54) is 6.42 Å². The van der Waals surface area contributed by atoms with Crippen LogP contribution in [-0.4, -0.2) is 18.6 Å². The Labute approximate surface area is 137 Å². The van der Waals surface area contributed by atoms with Crippen LogP contribution in [0.3, 0.4) is 0 Å². The fraction of sp³-hybridized carbons (Fsp3) is 0.556. The molecule has 1 aromatic rings. The van der Waals surface area contributed by atoms with E-state index in [0.717, 1.165) is 25.7 Å². The molecule has 0 bridgehead atoms. The van der Waals surface area contributed by atoms with Gasteiger partial charge in [-0.15, -0.1) is 0 Å². The van der Waals surface area contributed by atoms with Gasteiger partial charge in [0, 0.05) is 6.42 Å². The first-order chi connectivity index (χ1) is 11.1. The number of nitrogens with two attached hydrogens (primary N) is 1. The number of amides is 1. The van der Waals surface area contributed by atoms with Gasteiger partial charge in [-0.2, -0.15) is 5.26 Å². The molecular formula is C18H24N2O3. The monoisotopic (exact) mass is 316 g/mol. The first-order valence-electron chi connectivity index (χ1n) is 8.09. The Kier molecular flexibility index (Phi) is 5.86. The molecule has 1 aromatic carbocycles. The van der Waals surface area contributed by atoms with Crippen LogP contribution < -0.4 is 15.2 Å². The number of benzene rings is 1. The number of nitriles is 1. The predicted octanol–water partition coefficient (Wildman–Crippen LogP) is 3.18. The van der Waals surface area contributed by atoms with E-state index in [1.54, 1.807) is 31.4 Å². The van der Waals surface area contributed by atoms with Crippen molar-refractivity contribution in [3.05, 3.63) is 24.3 Å². The average molecular weight is 316 g/mol. The summed E-state index contributed by atoms with van der Waals surface area (Å²) in [5.41, 5.74) is 4.38. The third-order valence-corrected chi connectivity index (χ3v) is 4.53. The summed E-state index contributed by atoms with van der Waals surface area (Å²) in [6.45, 7) is 0. The Morgan fingerprint density at radius 2 is 1.87 bits per heavy atom. The lowest BCUT2D eigenvalue weighted by Crippen LogP contribution is -2.50. The molecule has 5 nitrogen and oxygen atoms in total. The highest BCUT2D eigenvalue weighted by Gasteiger charge is 2.41. The summed E-state index contributed by atoms with van der Waals surface area (Å²) in [4.78, 5) is 12.1. The summed E-state index contributed by atoms with van der Waals surface area (Å²) < 4.78 is 11.1. The molecule has 0 spiro atoms. The van der Waals surface area contributed by atoms with Gasteiger partial charge < -0.3 is 15.2 Å². The van der Waals surface area contributed by atoms with Crippen LogP contribution in [0.1, 0.15) is 44.9 Å². The molecular weight excluding hydrogens is 292 g/mol. The maximum atomic E-state index is 12.1. The van der Waals surface area contributed by atoms with E-state index in [1.807, 2.05) is 0 Å². The van der Waals surface area contributed by atoms with Crippen LogP contribution in [0, 0.1) is 17.2 Å². The van der Waals surface area contributed by atoms with E-state index in [4.69, 9.17) is 15.2 Å². The highest BCUT2D eigenvalue weighted by molar-refractivity contribution is 5.84. The largest absolute Gasteiger partial charge is 0.497 e. The van der Waals surface area contributed by atoms with Gasteiger partial charge in [-0.3, -0.25) is 4.79 Å². The molecule has 0 saturated heterocycles. The van der Waals surface area contributed by atoms with Crippen LogP contribution in [-0.2, 0) is 4.79 Å². The molecule has 0 radical (unpaired) electrons. The maximum Gasteiger partial charge on any atom is 0.262 e. The number of hydrogen-bond donors (Lipinski definition) is 1. The molecule has 0 heterocycles. The first-order valence-corrected chi connectivity index (χ1v) is 8.09. The number of methoxy groups -OCH3 is 1. The van der Waals surface area contributed by atoms with Crippen molar-refractivity contribution in [3.8, 4) is 17.6 Å². The van der Waals surface area contributed by atoms with E-state index in [9.17, 15) is 10.1 Å². The smallest absolute Gasteiger partial charge is 0.262 e. The molecule has 1 fully saturated rings.